The minimum atomic E-state index is -0.545. The Morgan fingerprint density at radius 2 is 2.25 bits per heavy atom. The van der Waals surface area contributed by atoms with Crippen LogP contribution in [0.1, 0.15) is 11.7 Å². The molecule has 1 saturated heterocycles. The van der Waals surface area contributed by atoms with E-state index in [-0.39, 0.29) is 27.6 Å². The fourth-order valence-corrected chi connectivity index (χ4v) is 3.15. The van der Waals surface area contributed by atoms with Gasteiger partial charge in [0.15, 0.2) is 0 Å². The summed E-state index contributed by atoms with van der Waals surface area (Å²) in [5.74, 6) is -1.06. The molecule has 1 aromatic carbocycles. The van der Waals surface area contributed by atoms with Gasteiger partial charge in [0, 0.05) is 0 Å². The van der Waals surface area contributed by atoms with Crippen LogP contribution < -0.4 is 21.5 Å². The molecule has 1 atom stereocenters. The number of rotatable bonds is 2. The van der Waals surface area contributed by atoms with Gasteiger partial charge in [0.2, 0.25) is 0 Å². The van der Waals surface area contributed by atoms with Gasteiger partial charge in [-0.25, -0.2) is 0 Å². The van der Waals surface area contributed by atoms with E-state index in [4.69, 9.17) is 4.74 Å². The van der Waals surface area contributed by atoms with Crippen LogP contribution in [0.25, 0.3) is 0 Å². The molecule has 5 heteroatoms. The summed E-state index contributed by atoms with van der Waals surface area (Å²) in [5.41, 5.74) is 0.462. The van der Waals surface area contributed by atoms with Gasteiger partial charge in [-0.15, -0.1) is 0 Å². The molecule has 1 unspecified atom stereocenters. The normalized spacial score (nSPS) is 22.6. The Kier molecular flexibility index (Phi) is 4.10. The molecule has 1 heterocycles. The summed E-state index contributed by atoms with van der Waals surface area (Å²) in [5, 5.41) is 0. The van der Waals surface area contributed by atoms with Crippen LogP contribution in [0.5, 0.6) is 0 Å². The monoisotopic (exact) mass is 340 g/mol. The molecule has 2 nitrogen and oxygen atoms in total. The van der Waals surface area contributed by atoms with Crippen molar-refractivity contribution < 1.29 is 35.0 Å². The molecule has 0 bridgehead atoms. The number of hydrogen-bond acceptors (Lipinski definition) is 2. The molecule has 0 aliphatic carbocycles. The Hall–Kier alpha value is -0.270. The van der Waals surface area contributed by atoms with Crippen molar-refractivity contribution in [3.8, 4) is 0 Å². The van der Waals surface area contributed by atoms with Crippen molar-refractivity contribution in [2.75, 3.05) is 24.6 Å². The van der Waals surface area contributed by atoms with Gasteiger partial charge in [0.1, 0.15) is 0 Å². The number of alkyl halides is 1. The number of hydrogen-bond donors (Lipinski definition) is 0. The quantitative estimate of drug-likeness (QED) is 0.388. The van der Waals surface area contributed by atoms with Crippen molar-refractivity contribution >= 4 is 0 Å². The number of halogens is 3. The second-order valence-corrected chi connectivity index (χ2v) is 5.89. The molecule has 90 valence electrons. The topological polar surface area (TPSA) is 12.5 Å². The minimum absolute atomic E-state index is 0.00765. The summed E-state index contributed by atoms with van der Waals surface area (Å²) in [4.78, 5) is 2.17. The second kappa shape index (κ2) is 5.37. The summed E-state index contributed by atoms with van der Waals surface area (Å²) in [7, 11) is 0. The van der Waals surface area contributed by atoms with Gasteiger partial charge in [-0.1, -0.05) is 0 Å². The van der Waals surface area contributed by atoms with Crippen LogP contribution in [-0.4, -0.2) is 27.7 Å². The summed E-state index contributed by atoms with van der Waals surface area (Å²) >= 11 is 0.00765. The van der Waals surface area contributed by atoms with Crippen LogP contribution in [0, 0.1) is 11.6 Å². The van der Waals surface area contributed by atoms with E-state index in [1.54, 1.807) is 0 Å². The SMILES string of the molecule is C[I-]N1CCOC(c2ccc(F)cc2F)C1. The average molecular weight is 340 g/mol. The zero-order chi connectivity index (χ0) is 11.5. The molecule has 0 N–H and O–H groups in total. The van der Waals surface area contributed by atoms with E-state index in [1.165, 1.54) is 12.1 Å². The van der Waals surface area contributed by atoms with Crippen molar-refractivity contribution in [1.29, 1.82) is 0 Å². The van der Waals surface area contributed by atoms with Crippen molar-refractivity contribution in [2.45, 2.75) is 6.10 Å². The summed E-state index contributed by atoms with van der Waals surface area (Å²) in [6.07, 6.45) is -0.256. The Balaban J connectivity index is 2.16. The van der Waals surface area contributed by atoms with Gasteiger partial charge in [0.25, 0.3) is 0 Å². The van der Waals surface area contributed by atoms with E-state index in [0.717, 1.165) is 12.6 Å². The van der Waals surface area contributed by atoms with Gasteiger partial charge in [0.05, 0.1) is 0 Å². The summed E-state index contributed by atoms with van der Waals surface area (Å²) in [6.45, 7) is 2.25. The first-order chi connectivity index (χ1) is 7.70. The fourth-order valence-electron chi connectivity index (χ4n) is 1.72. The second-order valence-electron chi connectivity index (χ2n) is 3.56. The number of nitrogens with zero attached hydrogens (tertiary/aromatic N) is 1. The molecule has 0 amide bonds. The molecule has 1 aromatic rings. The van der Waals surface area contributed by atoms with E-state index in [1.807, 2.05) is 0 Å². The van der Waals surface area contributed by atoms with Gasteiger partial charge in [-0.2, -0.15) is 0 Å². The molecule has 0 aromatic heterocycles. The maximum absolute atomic E-state index is 13.5. The molecule has 0 spiro atoms. The molecule has 0 radical (unpaired) electrons. The van der Waals surface area contributed by atoms with E-state index in [0.29, 0.717) is 18.7 Å². The predicted molar refractivity (Wildman–Crippen MR) is 52.5 cm³/mol. The van der Waals surface area contributed by atoms with Crippen molar-refractivity contribution in [3.05, 3.63) is 35.4 Å². The Labute approximate surface area is 104 Å². The third-order valence-electron chi connectivity index (χ3n) is 2.57. The van der Waals surface area contributed by atoms with Crippen LogP contribution in [0.2, 0.25) is 0 Å². The molecular formula is C11H13F2INO-. The maximum atomic E-state index is 13.5. The third kappa shape index (κ3) is 2.70. The third-order valence-corrected chi connectivity index (χ3v) is 4.81. The van der Waals surface area contributed by atoms with Gasteiger partial charge in [-0.3, -0.25) is 0 Å². The first kappa shape index (κ1) is 12.2. The van der Waals surface area contributed by atoms with Crippen LogP contribution >= 0.6 is 0 Å². The summed E-state index contributed by atoms with van der Waals surface area (Å²) in [6, 6.07) is 3.67. The predicted octanol–water partition coefficient (Wildman–Crippen LogP) is -1.03. The molecular weight excluding hydrogens is 327 g/mol. The zero-order valence-electron chi connectivity index (χ0n) is 8.92. The van der Waals surface area contributed by atoms with E-state index in [9.17, 15) is 8.78 Å². The van der Waals surface area contributed by atoms with Crippen LogP contribution in [0.15, 0.2) is 18.2 Å². The Morgan fingerprint density at radius 1 is 1.44 bits per heavy atom. The van der Waals surface area contributed by atoms with E-state index >= 15 is 0 Å². The molecule has 1 aliphatic rings. The molecule has 2 rings (SSSR count). The number of benzene rings is 1. The summed E-state index contributed by atoms with van der Waals surface area (Å²) < 4.78 is 34.1. The van der Waals surface area contributed by atoms with Crippen LogP contribution in [0.3, 0.4) is 0 Å². The first-order valence-electron chi connectivity index (χ1n) is 5.02. The molecule has 16 heavy (non-hydrogen) atoms. The standard InChI is InChI=1S/C11H13F2INO/c1-14-15-4-5-16-11(7-15)9-3-2-8(12)6-10(9)13/h2-3,6,11H,4-5,7H2,1H3/q-1. The van der Waals surface area contributed by atoms with Gasteiger partial charge >= 0.3 is 104 Å². The van der Waals surface area contributed by atoms with Crippen molar-refractivity contribution in [3.63, 3.8) is 0 Å². The molecule has 0 saturated carbocycles. The molecule has 1 aliphatic heterocycles. The fraction of sp³-hybridized carbons (Fsp3) is 0.455. The zero-order valence-corrected chi connectivity index (χ0v) is 11.1. The average Bonchev–Trinajstić information content (AvgIpc) is 2.29. The van der Waals surface area contributed by atoms with Gasteiger partial charge < -0.3 is 0 Å². The molecule has 1 fully saturated rings. The number of ether oxygens (including phenoxy) is 1. The first-order valence-corrected chi connectivity index (χ1v) is 8.14. The Morgan fingerprint density at radius 3 is 2.94 bits per heavy atom. The Bertz CT molecular complexity index is 375. The van der Waals surface area contributed by atoms with E-state index < -0.39 is 11.6 Å². The van der Waals surface area contributed by atoms with Crippen LogP contribution in [0.4, 0.5) is 8.78 Å². The number of morpholine rings is 1. The van der Waals surface area contributed by atoms with Crippen molar-refractivity contribution in [2.24, 2.45) is 0 Å². The van der Waals surface area contributed by atoms with Crippen molar-refractivity contribution in [1.82, 2.24) is 3.11 Å². The van der Waals surface area contributed by atoms with Crippen LogP contribution in [-0.2, 0) is 4.74 Å². The van der Waals surface area contributed by atoms with E-state index in [2.05, 4.69) is 8.04 Å². The van der Waals surface area contributed by atoms with Gasteiger partial charge in [-0.05, 0) is 0 Å².